The Morgan fingerprint density at radius 3 is 2.56 bits per heavy atom. The number of furan rings is 1. The molecular formula is C12H10O3S. The summed E-state index contributed by atoms with van der Waals surface area (Å²) in [5.74, 6) is -0.0745. The highest BCUT2D eigenvalue weighted by Crippen LogP contribution is 2.23. The van der Waals surface area contributed by atoms with Crippen LogP contribution in [0.3, 0.4) is 0 Å². The van der Waals surface area contributed by atoms with Crippen LogP contribution in [0.15, 0.2) is 52.2 Å². The summed E-state index contributed by atoms with van der Waals surface area (Å²) in [6, 6.07) is 8.76. The summed E-state index contributed by atoms with van der Waals surface area (Å²) in [5, 5.41) is 8.74. The number of aromatic carboxylic acids is 1. The molecule has 0 aliphatic rings. The fraction of sp³-hybridized carbons (Fsp3) is 0.0833. The summed E-state index contributed by atoms with van der Waals surface area (Å²) in [7, 11) is 0. The lowest BCUT2D eigenvalue weighted by molar-refractivity contribution is 0.0697. The molecule has 0 saturated heterocycles. The van der Waals surface area contributed by atoms with E-state index in [0.717, 1.165) is 16.2 Å². The molecule has 2 aromatic rings. The van der Waals surface area contributed by atoms with Gasteiger partial charge in [0.25, 0.3) is 0 Å². The zero-order valence-electron chi connectivity index (χ0n) is 8.42. The lowest BCUT2D eigenvalue weighted by Gasteiger charge is -2.00. The molecule has 0 atom stereocenters. The second kappa shape index (κ2) is 4.90. The van der Waals surface area contributed by atoms with Crippen LogP contribution in [0.5, 0.6) is 0 Å². The molecule has 0 spiro atoms. The molecule has 0 aliphatic heterocycles. The highest BCUT2D eigenvalue weighted by Gasteiger charge is 2.02. The van der Waals surface area contributed by atoms with Gasteiger partial charge in [0, 0.05) is 16.2 Å². The van der Waals surface area contributed by atoms with Crippen molar-refractivity contribution in [3.63, 3.8) is 0 Å². The summed E-state index contributed by atoms with van der Waals surface area (Å²) in [5.41, 5.74) is 1.43. The number of carboxylic acid groups (broad SMARTS) is 1. The van der Waals surface area contributed by atoms with Gasteiger partial charge in [0.05, 0.1) is 18.1 Å². The Bertz CT molecular complexity index is 460. The Labute approximate surface area is 97.1 Å². The van der Waals surface area contributed by atoms with E-state index in [1.807, 2.05) is 18.2 Å². The molecule has 0 fully saturated rings. The minimum atomic E-state index is -0.897. The third-order valence-corrected chi connectivity index (χ3v) is 3.17. The predicted molar refractivity (Wildman–Crippen MR) is 61.7 cm³/mol. The van der Waals surface area contributed by atoms with E-state index >= 15 is 0 Å². The first-order valence-corrected chi connectivity index (χ1v) is 5.71. The second-order valence-corrected chi connectivity index (χ2v) is 4.30. The van der Waals surface area contributed by atoms with Crippen molar-refractivity contribution >= 4 is 17.7 Å². The molecule has 1 heterocycles. The minimum absolute atomic E-state index is 0.313. The standard InChI is InChI=1S/C12H10O3S/c13-12(14)10-1-3-11(4-2-10)16-8-9-5-6-15-7-9/h1-7H,8H2,(H,13,14). The number of hydrogen-bond donors (Lipinski definition) is 1. The molecule has 82 valence electrons. The number of carbonyl (C=O) groups is 1. The largest absolute Gasteiger partial charge is 0.478 e. The molecule has 0 aliphatic carbocycles. The molecule has 3 nitrogen and oxygen atoms in total. The van der Waals surface area contributed by atoms with Gasteiger partial charge in [-0.25, -0.2) is 4.79 Å². The van der Waals surface area contributed by atoms with Crippen molar-refractivity contribution in [3.05, 3.63) is 54.0 Å². The highest BCUT2D eigenvalue weighted by atomic mass is 32.2. The summed E-state index contributed by atoms with van der Waals surface area (Å²) in [6.07, 6.45) is 3.35. The zero-order chi connectivity index (χ0) is 11.4. The van der Waals surface area contributed by atoms with Crippen molar-refractivity contribution in [2.75, 3.05) is 0 Å². The first kappa shape index (κ1) is 10.8. The lowest BCUT2D eigenvalue weighted by Crippen LogP contribution is -1.94. The maximum Gasteiger partial charge on any atom is 0.335 e. The van der Waals surface area contributed by atoms with Gasteiger partial charge < -0.3 is 9.52 Å². The average molecular weight is 234 g/mol. The minimum Gasteiger partial charge on any atom is -0.478 e. The fourth-order valence-corrected chi connectivity index (χ4v) is 2.06. The van der Waals surface area contributed by atoms with Gasteiger partial charge in [-0.15, -0.1) is 11.8 Å². The van der Waals surface area contributed by atoms with Crippen molar-refractivity contribution in [1.82, 2.24) is 0 Å². The maximum atomic E-state index is 10.6. The van der Waals surface area contributed by atoms with Gasteiger partial charge in [-0.2, -0.15) is 0 Å². The normalized spacial score (nSPS) is 10.2. The molecular weight excluding hydrogens is 224 g/mol. The molecule has 1 aromatic carbocycles. The molecule has 0 radical (unpaired) electrons. The summed E-state index contributed by atoms with van der Waals surface area (Å²) in [4.78, 5) is 11.7. The average Bonchev–Trinajstić information content (AvgIpc) is 2.80. The lowest BCUT2D eigenvalue weighted by atomic mass is 10.2. The van der Waals surface area contributed by atoms with Gasteiger partial charge in [0.2, 0.25) is 0 Å². The van der Waals surface area contributed by atoms with E-state index in [1.165, 1.54) is 0 Å². The van der Waals surface area contributed by atoms with E-state index in [4.69, 9.17) is 9.52 Å². The van der Waals surface area contributed by atoms with E-state index < -0.39 is 5.97 Å². The Hall–Kier alpha value is -1.68. The van der Waals surface area contributed by atoms with Crippen LogP contribution in [0.1, 0.15) is 15.9 Å². The predicted octanol–water partition coefficient (Wildman–Crippen LogP) is 3.27. The van der Waals surface area contributed by atoms with Crippen molar-refractivity contribution in [1.29, 1.82) is 0 Å². The van der Waals surface area contributed by atoms with Crippen molar-refractivity contribution < 1.29 is 14.3 Å². The highest BCUT2D eigenvalue weighted by molar-refractivity contribution is 7.98. The molecule has 0 bridgehead atoms. The van der Waals surface area contributed by atoms with E-state index in [9.17, 15) is 4.79 Å². The van der Waals surface area contributed by atoms with Crippen LogP contribution in [0.2, 0.25) is 0 Å². The molecule has 1 aromatic heterocycles. The molecule has 0 unspecified atom stereocenters. The van der Waals surface area contributed by atoms with E-state index in [0.29, 0.717) is 5.56 Å². The molecule has 0 saturated carbocycles. The number of rotatable bonds is 4. The molecule has 1 N–H and O–H groups in total. The Balaban J connectivity index is 1.98. The smallest absolute Gasteiger partial charge is 0.335 e. The fourth-order valence-electron chi connectivity index (χ4n) is 1.24. The van der Waals surface area contributed by atoms with E-state index in [2.05, 4.69) is 0 Å². The van der Waals surface area contributed by atoms with Crippen LogP contribution < -0.4 is 0 Å². The van der Waals surface area contributed by atoms with Crippen LogP contribution in [-0.4, -0.2) is 11.1 Å². The third kappa shape index (κ3) is 2.67. The van der Waals surface area contributed by atoms with Crippen molar-refractivity contribution in [2.24, 2.45) is 0 Å². The monoisotopic (exact) mass is 234 g/mol. The Morgan fingerprint density at radius 2 is 2.00 bits per heavy atom. The van der Waals surface area contributed by atoms with Crippen molar-refractivity contribution in [3.8, 4) is 0 Å². The van der Waals surface area contributed by atoms with Crippen LogP contribution >= 0.6 is 11.8 Å². The first-order chi connectivity index (χ1) is 7.75. The summed E-state index contributed by atoms with van der Waals surface area (Å²) in [6.45, 7) is 0. The van der Waals surface area contributed by atoms with Gasteiger partial charge in [0.1, 0.15) is 0 Å². The molecule has 4 heteroatoms. The maximum absolute atomic E-state index is 10.6. The van der Waals surface area contributed by atoms with Gasteiger partial charge in [-0.1, -0.05) is 0 Å². The van der Waals surface area contributed by atoms with Gasteiger partial charge >= 0.3 is 5.97 Å². The third-order valence-electron chi connectivity index (χ3n) is 2.09. The SMILES string of the molecule is O=C(O)c1ccc(SCc2ccoc2)cc1. The van der Waals surface area contributed by atoms with Gasteiger partial charge in [-0.3, -0.25) is 0 Å². The number of hydrogen-bond acceptors (Lipinski definition) is 3. The summed E-state index contributed by atoms with van der Waals surface area (Å²) < 4.78 is 4.96. The van der Waals surface area contributed by atoms with Crippen LogP contribution in [0.4, 0.5) is 0 Å². The summed E-state index contributed by atoms with van der Waals surface area (Å²) >= 11 is 1.65. The van der Waals surface area contributed by atoms with Crippen molar-refractivity contribution in [2.45, 2.75) is 10.6 Å². The quantitative estimate of drug-likeness (QED) is 0.825. The van der Waals surface area contributed by atoms with Crippen LogP contribution in [0, 0.1) is 0 Å². The second-order valence-electron chi connectivity index (χ2n) is 3.25. The molecule has 0 amide bonds. The van der Waals surface area contributed by atoms with Gasteiger partial charge in [-0.05, 0) is 30.3 Å². The molecule has 2 rings (SSSR count). The van der Waals surface area contributed by atoms with Gasteiger partial charge in [0.15, 0.2) is 0 Å². The van der Waals surface area contributed by atoms with E-state index in [-0.39, 0.29) is 0 Å². The van der Waals surface area contributed by atoms with Crippen LogP contribution in [-0.2, 0) is 5.75 Å². The Kier molecular flexibility index (Phi) is 3.31. The zero-order valence-corrected chi connectivity index (χ0v) is 9.24. The first-order valence-electron chi connectivity index (χ1n) is 4.73. The topological polar surface area (TPSA) is 50.4 Å². The number of benzene rings is 1. The molecule has 16 heavy (non-hydrogen) atoms. The van der Waals surface area contributed by atoms with Crippen LogP contribution in [0.25, 0.3) is 0 Å². The Morgan fingerprint density at radius 1 is 1.25 bits per heavy atom. The number of thioether (sulfide) groups is 1. The number of carboxylic acids is 1. The van der Waals surface area contributed by atoms with E-state index in [1.54, 1.807) is 36.4 Å².